The van der Waals surface area contributed by atoms with E-state index in [1.807, 2.05) is 0 Å². The summed E-state index contributed by atoms with van der Waals surface area (Å²) in [4.78, 5) is 10.3. The maximum absolute atomic E-state index is 12.8. The van der Waals surface area contributed by atoms with Gasteiger partial charge in [-0.15, -0.1) is 0 Å². The van der Waals surface area contributed by atoms with Crippen molar-refractivity contribution < 1.29 is 22.4 Å². The van der Waals surface area contributed by atoms with Crippen LogP contribution in [0.15, 0.2) is 12.1 Å². The second-order valence-electron chi connectivity index (χ2n) is 2.75. The van der Waals surface area contributed by atoms with E-state index in [2.05, 4.69) is 0 Å². The molecule has 14 heavy (non-hydrogen) atoms. The van der Waals surface area contributed by atoms with Crippen LogP contribution in [0.4, 0.5) is 17.6 Å². The lowest BCUT2D eigenvalue weighted by Crippen LogP contribution is -2.12. The lowest BCUT2D eigenvalue weighted by Gasteiger charge is -2.12. The summed E-state index contributed by atoms with van der Waals surface area (Å²) in [5.41, 5.74) is -2.30. The third-order valence-corrected chi connectivity index (χ3v) is 1.84. The van der Waals surface area contributed by atoms with Gasteiger partial charge in [-0.05, 0) is 24.6 Å². The van der Waals surface area contributed by atoms with Crippen molar-refractivity contribution >= 4 is 6.29 Å². The van der Waals surface area contributed by atoms with Gasteiger partial charge in [0.25, 0.3) is 0 Å². The SMILES string of the molecule is Cc1c(F)ccc(C=O)c1C(F)(F)F. The van der Waals surface area contributed by atoms with Gasteiger partial charge in [-0.25, -0.2) is 4.39 Å². The second kappa shape index (κ2) is 3.40. The van der Waals surface area contributed by atoms with E-state index in [1.165, 1.54) is 0 Å². The highest BCUT2D eigenvalue weighted by Crippen LogP contribution is 2.34. The van der Waals surface area contributed by atoms with Crippen molar-refractivity contribution in [2.45, 2.75) is 13.1 Å². The first kappa shape index (κ1) is 10.7. The quantitative estimate of drug-likeness (QED) is 0.510. The molecule has 5 heteroatoms. The van der Waals surface area contributed by atoms with E-state index in [9.17, 15) is 22.4 Å². The van der Waals surface area contributed by atoms with Gasteiger partial charge >= 0.3 is 6.18 Å². The molecule has 0 saturated heterocycles. The van der Waals surface area contributed by atoms with Gasteiger partial charge in [0.15, 0.2) is 6.29 Å². The molecule has 0 N–H and O–H groups in total. The molecule has 1 aromatic carbocycles. The number of rotatable bonds is 1. The lowest BCUT2D eigenvalue weighted by atomic mass is 10.0. The third kappa shape index (κ3) is 1.76. The monoisotopic (exact) mass is 206 g/mol. The molecule has 0 aliphatic rings. The van der Waals surface area contributed by atoms with E-state index in [0.717, 1.165) is 19.1 Å². The van der Waals surface area contributed by atoms with Gasteiger partial charge in [0.2, 0.25) is 0 Å². The highest BCUT2D eigenvalue weighted by molar-refractivity contribution is 5.78. The molecule has 0 aromatic heterocycles. The van der Waals surface area contributed by atoms with Crippen molar-refractivity contribution in [3.8, 4) is 0 Å². The van der Waals surface area contributed by atoms with Gasteiger partial charge in [-0.3, -0.25) is 4.79 Å². The Balaban J connectivity index is 3.51. The van der Waals surface area contributed by atoms with E-state index >= 15 is 0 Å². The molecule has 0 radical (unpaired) electrons. The van der Waals surface area contributed by atoms with E-state index in [4.69, 9.17) is 0 Å². The molecule has 1 aromatic rings. The number of hydrogen-bond donors (Lipinski definition) is 0. The Morgan fingerprint density at radius 3 is 2.29 bits per heavy atom. The molecule has 0 aliphatic heterocycles. The van der Waals surface area contributed by atoms with Crippen molar-refractivity contribution in [2.75, 3.05) is 0 Å². The zero-order chi connectivity index (χ0) is 10.9. The molecule has 76 valence electrons. The van der Waals surface area contributed by atoms with Crippen LogP contribution in [0.5, 0.6) is 0 Å². The van der Waals surface area contributed by atoms with Crippen molar-refractivity contribution in [2.24, 2.45) is 0 Å². The summed E-state index contributed by atoms with van der Waals surface area (Å²) < 4.78 is 49.9. The largest absolute Gasteiger partial charge is 0.417 e. The fourth-order valence-electron chi connectivity index (χ4n) is 1.18. The van der Waals surface area contributed by atoms with Crippen LogP contribution in [-0.2, 0) is 6.18 Å². The summed E-state index contributed by atoms with van der Waals surface area (Å²) in [6.45, 7) is 0.991. The van der Waals surface area contributed by atoms with Gasteiger partial charge in [0.05, 0.1) is 5.56 Å². The molecule has 0 unspecified atom stereocenters. The number of benzene rings is 1. The average Bonchev–Trinajstić information content (AvgIpc) is 2.07. The summed E-state index contributed by atoms with van der Waals surface area (Å²) in [7, 11) is 0. The molecule has 0 atom stereocenters. The summed E-state index contributed by atoms with van der Waals surface area (Å²) in [6.07, 6.45) is -4.64. The third-order valence-electron chi connectivity index (χ3n) is 1.84. The van der Waals surface area contributed by atoms with Crippen LogP contribution in [0.25, 0.3) is 0 Å². The number of hydrogen-bond acceptors (Lipinski definition) is 1. The molecular formula is C9H6F4O. The smallest absolute Gasteiger partial charge is 0.298 e. The first-order valence-corrected chi connectivity index (χ1v) is 3.69. The molecule has 0 amide bonds. The first-order valence-electron chi connectivity index (χ1n) is 3.69. The predicted octanol–water partition coefficient (Wildman–Crippen LogP) is 2.97. The Bertz CT molecular complexity index is 368. The van der Waals surface area contributed by atoms with E-state index in [-0.39, 0.29) is 6.29 Å². The van der Waals surface area contributed by atoms with Crippen molar-refractivity contribution in [3.05, 3.63) is 34.6 Å². The predicted molar refractivity (Wildman–Crippen MR) is 41.5 cm³/mol. The van der Waals surface area contributed by atoms with Gasteiger partial charge in [0.1, 0.15) is 5.82 Å². The normalized spacial score (nSPS) is 11.5. The minimum absolute atomic E-state index is 0.0647. The molecular weight excluding hydrogens is 200 g/mol. The number of carbonyl (C=O) groups excluding carboxylic acids is 1. The number of alkyl halides is 3. The van der Waals surface area contributed by atoms with Crippen LogP contribution in [0, 0.1) is 12.7 Å². The van der Waals surface area contributed by atoms with Crippen molar-refractivity contribution in [1.82, 2.24) is 0 Å². The van der Waals surface area contributed by atoms with Crippen LogP contribution in [0.3, 0.4) is 0 Å². The topological polar surface area (TPSA) is 17.1 Å². The van der Waals surface area contributed by atoms with Crippen LogP contribution in [0.1, 0.15) is 21.5 Å². The van der Waals surface area contributed by atoms with E-state index in [1.54, 1.807) is 0 Å². The van der Waals surface area contributed by atoms with Crippen LogP contribution in [0.2, 0.25) is 0 Å². The molecule has 0 fully saturated rings. The summed E-state index contributed by atoms with van der Waals surface area (Å²) in [6, 6.07) is 1.66. The zero-order valence-electron chi connectivity index (χ0n) is 7.15. The summed E-state index contributed by atoms with van der Waals surface area (Å²) >= 11 is 0. The number of halogens is 4. The minimum Gasteiger partial charge on any atom is -0.298 e. The Morgan fingerprint density at radius 2 is 1.86 bits per heavy atom. The van der Waals surface area contributed by atoms with Gasteiger partial charge in [-0.1, -0.05) is 0 Å². The Kier molecular flexibility index (Phi) is 2.59. The fourth-order valence-corrected chi connectivity index (χ4v) is 1.18. The van der Waals surface area contributed by atoms with Crippen molar-refractivity contribution in [3.63, 3.8) is 0 Å². The van der Waals surface area contributed by atoms with E-state index in [0.29, 0.717) is 0 Å². The Labute approximate surface area is 77.3 Å². The summed E-state index contributed by atoms with van der Waals surface area (Å²) in [5, 5.41) is 0. The molecule has 1 nitrogen and oxygen atoms in total. The van der Waals surface area contributed by atoms with Gasteiger partial charge in [-0.2, -0.15) is 13.2 Å². The van der Waals surface area contributed by atoms with Gasteiger partial charge < -0.3 is 0 Å². The molecule has 0 heterocycles. The first-order chi connectivity index (χ1) is 6.38. The zero-order valence-corrected chi connectivity index (χ0v) is 7.15. The number of carbonyl (C=O) groups is 1. The highest BCUT2D eigenvalue weighted by atomic mass is 19.4. The Morgan fingerprint density at radius 1 is 1.29 bits per heavy atom. The average molecular weight is 206 g/mol. The number of aldehydes is 1. The van der Waals surface area contributed by atoms with Crippen LogP contribution in [-0.4, -0.2) is 6.29 Å². The maximum Gasteiger partial charge on any atom is 0.417 e. The minimum atomic E-state index is -4.71. The maximum atomic E-state index is 12.8. The highest BCUT2D eigenvalue weighted by Gasteiger charge is 2.36. The summed E-state index contributed by atoms with van der Waals surface area (Å²) in [5.74, 6) is -0.970. The van der Waals surface area contributed by atoms with Gasteiger partial charge in [0, 0.05) is 5.56 Å². The van der Waals surface area contributed by atoms with Crippen LogP contribution < -0.4 is 0 Å². The van der Waals surface area contributed by atoms with Crippen LogP contribution >= 0.6 is 0 Å². The second-order valence-corrected chi connectivity index (χ2v) is 2.75. The standard InChI is InChI=1S/C9H6F4O/c1-5-7(10)3-2-6(4-14)8(5)9(11,12)13/h2-4H,1H3. The van der Waals surface area contributed by atoms with E-state index < -0.39 is 28.7 Å². The fraction of sp³-hybridized carbons (Fsp3) is 0.222. The Hall–Kier alpha value is -1.39. The molecule has 0 bridgehead atoms. The molecule has 0 spiro atoms. The lowest BCUT2D eigenvalue weighted by molar-refractivity contribution is -0.138. The molecule has 0 aliphatic carbocycles. The molecule has 1 rings (SSSR count). The van der Waals surface area contributed by atoms with Crippen molar-refractivity contribution in [1.29, 1.82) is 0 Å². The molecule has 0 saturated carbocycles.